The van der Waals surface area contributed by atoms with E-state index in [1.165, 1.54) is 25.2 Å². The molecule has 0 saturated heterocycles. The molecular formula is C19H17ClN2O4. The van der Waals surface area contributed by atoms with Crippen LogP contribution in [0.5, 0.6) is 5.75 Å². The minimum atomic E-state index is -0.425. The van der Waals surface area contributed by atoms with Gasteiger partial charge in [-0.3, -0.25) is 19.3 Å². The van der Waals surface area contributed by atoms with Crippen LogP contribution in [0.15, 0.2) is 36.4 Å². The summed E-state index contributed by atoms with van der Waals surface area (Å²) < 4.78 is 5.62. The highest BCUT2D eigenvalue weighted by atomic mass is 35.5. The molecular weight excluding hydrogens is 356 g/mol. The summed E-state index contributed by atoms with van der Waals surface area (Å²) in [6.45, 7) is 2.49. The summed E-state index contributed by atoms with van der Waals surface area (Å²) in [5.41, 5.74) is 1.22. The van der Waals surface area contributed by atoms with E-state index in [2.05, 4.69) is 5.32 Å². The van der Waals surface area contributed by atoms with Crippen LogP contribution in [0.2, 0.25) is 5.02 Å². The molecule has 0 radical (unpaired) electrons. The second-order valence-corrected chi connectivity index (χ2v) is 6.31. The SMILES string of the molecule is CCCOc1ccc(Cl)cc1NC(=O)c1ccc2c(c1)C(=O)N(C)C2=O. The standard InChI is InChI=1S/C19H17ClN2O4/c1-3-8-26-16-7-5-12(20)10-15(16)21-17(23)11-4-6-13-14(9-11)19(25)22(2)18(13)24/h4-7,9-10H,3,8H2,1-2H3,(H,21,23). The zero-order valence-electron chi connectivity index (χ0n) is 14.3. The molecule has 2 aromatic rings. The van der Waals surface area contributed by atoms with Crippen molar-refractivity contribution < 1.29 is 19.1 Å². The molecule has 0 atom stereocenters. The number of nitrogens with zero attached hydrogens (tertiary/aromatic N) is 1. The van der Waals surface area contributed by atoms with E-state index in [1.54, 1.807) is 18.2 Å². The second kappa shape index (κ2) is 7.17. The van der Waals surface area contributed by atoms with Crippen LogP contribution >= 0.6 is 11.6 Å². The average molecular weight is 373 g/mol. The lowest BCUT2D eigenvalue weighted by Gasteiger charge is -2.13. The number of benzene rings is 2. The number of imide groups is 1. The number of hydrogen-bond acceptors (Lipinski definition) is 4. The van der Waals surface area contributed by atoms with Gasteiger partial charge < -0.3 is 10.1 Å². The van der Waals surface area contributed by atoms with Gasteiger partial charge in [0.15, 0.2) is 0 Å². The first-order chi connectivity index (χ1) is 12.4. The maximum absolute atomic E-state index is 12.6. The number of halogens is 1. The minimum Gasteiger partial charge on any atom is -0.491 e. The number of carbonyl (C=O) groups excluding carboxylic acids is 3. The first-order valence-corrected chi connectivity index (χ1v) is 8.50. The molecule has 0 fully saturated rings. The molecule has 0 aliphatic carbocycles. The summed E-state index contributed by atoms with van der Waals surface area (Å²) in [6.07, 6.45) is 0.824. The van der Waals surface area contributed by atoms with Crippen LogP contribution in [0.3, 0.4) is 0 Å². The fraction of sp³-hybridized carbons (Fsp3) is 0.211. The lowest BCUT2D eigenvalue weighted by molar-refractivity contribution is 0.0693. The van der Waals surface area contributed by atoms with E-state index < -0.39 is 11.8 Å². The van der Waals surface area contributed by atoms with Gasteiger partial charge in [-0.2, -0.15) is 0 Å². The van der Waals surface area contributed by atoms with Crippen molar-refractivity contribution in [3.63, 3.8) is 0 Å². The first kappa shape index (κ1) is 17.9. The minimum absolute atomic E-state index is 0.221. The molecule has 3 rings (SSSR count). The summed E-state index contributed by atoms with van der Waals surface area (Å²) in [6, 6.07) is 9.38. The molecule has 3 amide bonds. The molecule has 0 unspecified atom stereocenters. The molecule has 26 heavy (non-hydrogen) atoms. The van der Waals surface area contributed by atoms with Gasteiger partial charge in [0.25, 0.3) is 17.7 Å². The number of hydrogen-bond donors (Lipinski definition) is 1. The van der Waals surface area contributed by atoms with Gasteiger partial charge in [-0.25, -0.2) is 0 Å². The Hall–Kier alpha value is -2.86. The van der Waals surface area contributed by atoms with E-state index in [9.17, 15) is 14.4 Å². The third-order valence-corrected chi connectivity index (χ3v) is 4.24. The second-order valence-electron chi connectivity index (χ2n) is 5.87. The summed E-state index contributed by atoms with van der Waals surface area (Å²) >= 11 is 6.01. The molecule has 0 aromatic heterocycles. The molecule has 134 valence electrons. The van der Waals surface area contributed by atoms with Crippen LogP contribution in [0.25, 0.3) is 0 Å². The van der Waals surface area contributed by atoms with E-state index in [1.807, 2.05) is 6.92 Å². The van der Waals surface area contributed by atoms with Crippen LogP contribution in [0, 0.1) is 0 Å². The topological polar surface area (TPSA) is 75.7 Å². The number of fused-ring (bicyclic) bond motifs is 1. The van der Waals surface area contributed by atoms with Crippen molar-refractivity contribution in [3.8, 4) is 5.75 Å². The zero-order chi connectivity index (χ0) is 18.8. The number of ether oxygens (including phenoxy) is 1. The van der Waals surface area contributed by atoms with E-state index in [4.69, 9.17) is 16.3 Å². The van der Waals surface area contributed by atoms with Gasteiger partial charge in [-0.1, -0.05) is 18.5 Å². The third-order valence-electron chi connectivity index (χ3n) is 4.00. The van der Waals surface area contributed by atoms with Crippen LogP contribution in [-0.2, 0) is 0 Å². The Balaban J connectivity index is 1.87. The molecule has 6 nitrogen and oxygen atoms in total. The molecule has 0 saturated carbocycles. The molecule has 0 bridgehead atoms. The van der Waals surface area contributed by atoms with E-state index in [0.717, 1.165) is 11.3 Å². The van der Waals surface area contributed by atoms with Gasteiger partial charge in [-0.05, 0) is 42.8 Å². The zero-order valence-corrected chi connectivity index (χ0v) is 15.1. The number of rotatable bonds is 5. The Morgan fingerprint density at radius 3 is 2.58 bits per heavy atom. The fourth-order valence-electron chi connectivity index (χ4n) is 2.63. The predicted molar refractivity (Wildman–Crippen MR) is 98.1 cm³/mol. The van der Waals surface area contributed by atoms with E-state index >= 15 is 0 Å². The quantitative estimate of drug-likeness (QED) is 0.813. The monoisotopic (exact) mass is 372 g/mol. The highest BCUT2D eigenvalue weighted by Gasteiger charge is 2.33. The summed E-state index contributed by atoms with van der Waals surface area (Å²) in [7, 11) is 1.41. The van der Waals surface area contributed by atoms with Crippen molar-refractivity contribution in [1.82, 2.24) is 4.90 Å². The van der Waals surface area contributed by atoms with Gasteiger partial charge in [0.05, 0.1) is 23.4 Å². The molecule has 1 N–H and O–H groups in total. The normalized spacial score (nSPS) is 13.0. The summed E-state index contributed by atoms with van der Waals surface area (Å²) in [5, 5.41) is 3.21. The molecule has 7 heteroatoms. The average Bonchev–Trinajstić information content (AvgIpc) is 2.85. The van der Waals surface area contributed by atoms with Crippen LogP contribution in [-0.4, -0.2) is 36.3 Å². The van der Waals surface area contributed by atoms with Crippen molar-refractivity contribution in [3.05, 3.63) is 58.1 Å². The van der Waals surface area contributed by atoms with Gasteiger partial charge in [0.2, 0.25) is 0 Å². The maximum Gasteiger partial charge on any atom is 0.261 e. The lowest BCUT2D eigenvalue weighted by Crippen LogP contribution is -2.24. The Bertz CT molecular complexity index is 910. The first-order valence-electron chi connectivity index (χ1n) is 8.12. The number of nitrogens with one attached hydrogen (secondary N) is 1. The summed E-state index contributed by atoms with van der Waals surface area (Å²) in [5.74, 6) is -0.709. The van der Waals surface area contributed by atoms with Crippen LogP contribution in [0.4, 0.5) is 5.69 Å². The molecule has 1 heterocycles. The molecule has 2 aromatic carbocycles. The van der Waals surface area contributed by atoms with Crippen LogP contribution in [0.1, 0.15) is 44.4 Å². The van der Waals surface area contributed by atoms with Crippen molar-refractivity contribution in [2.24, 2.45) is 0 Å². The highest BCUT2D eigenvalue weighted by Crippen LogP contribution is 2.29. The van der Waals surface area contributed by atoms with Crippen LogP contribution < -0.4 is 10.1 Å². The summed E-state index contributed by atoms with van der Waals surface area (Å²) in [4.78, 5) is 37.7. The van der Waals surface area contributed by atoms with Crippen molar-refractivity contribution in [1.29, 1.82) is 0 Å². The van der Waals surface area contributed by atoms with E-state index in [0.29, 0.717) is 28.6 Å². The lowest BCUT2D eigenvalue weighted by atomic mass is 10.1. The molecule has 1 aliphatic heterocycles. The third kappa shape index (κ3) is 3.28. The number of anilines is 1. The van der Waals surface area contributed by atoms with Crippen molar-refractivity contribution >= 4 is 35.0 Å². The van der Waals surface area contributed by atoms with Gasteiger partial charge >= 0.3 is 0 Å². The van der Waals surface area contributed by atoms with Gasteiger partial charge in [0.1, 0.15) is 5.75 Å². The molecule has 1 aliphatic rings. The highest BCUT2D eigenvalue weighted by molar-refractivity contribution is 6.31. The van der Waals surface area contributed by atoms with Gasteiger partial charge in [-0.15, -0.1) is 0 Å². The predicted octanol–water partition coefficient (Wildman–Crippen LogP) is 3.61. The number of amides is 3. The Morgan fingerprint density at radius 1 is 1.12 bits per heavy atom. The Morgan fingerprint density at radius 2 is 1.85 bits per heavy atom. The Labute approximate surface area is 155 Å². The Kier molecular flexibility index (Phi) is 4.95. The largest absolute Gasteiger partial charge is 0.491 e. The number of carbonyl (C=O) groups is 3. The smallest absolute Gasteiger partial charge is 0.261 e. The van der Waals surface area contributed by atoms with Crippen molar-refractivity contribution in [2.45, 2.75) is 13.3 Å². The van der Waals surface area contributed by atoms with E-state index in [-0.39, 0.29) is 17.0 Å². The maximum atomic E-state index is 12.6. The van der Waals surface area contributed by atoms with Gasteiger partial charge in [0, 0.05) is 17.6 Å². The fourth-order valence-corrected chi connectivity index (χ4v) is 2.81. The van der Waals surface area contributed by atoms with Crippen molar-refractivity contribution in [2.75, 3.05) is 19.0 Å². The molecule has 0 spiro atoms.